The van der Waals surface area contributed by atoms with Gasteiger partial charge in [-0.1, -0.05) is 30.3 Å². The van der Waals surface area contributed by atoms with Crippen LogP contribution in [-0.2, 0) is 13.0 Å². The van der Waals surface area contributed by atoms with Crippen LogP contribution in [0.25, 0.3) is 11.3 Å². The first-order chi connectivity index (χ1) is 12.1. The van der Waals surface area contributed by atoms with E-state index in [9.17, 15) is 9.59 Å². The summed E-state index contributed by atoms with van der Waals surface area (Å²) in [5.41, 5.74) is 6.91. The van der Waals surface area contributed by atoms with Crippen molar-refractivity contribution >= 4 is 22.3 Å². The topological polar surface area (TPSA) is 106 Å². The van der Waals surface area contributed by atoms with Crippen molar-refractivity contribution in [3.8, 4) is 11.3 Å². The molecule has 0 spiro atoms. The van der Waals surface area contributed by atoms with Crippen molar-refractivity contribution in [1.82, 2.24) is 14.5 Å². The number of nitrogen functional groups attached to an aromatic ring is 1. The minimum absolute atomic E-state index is 0.136. The highest BCUT2D eigenvalue weighted by atomic mass is 32.1. The number of nitrogens with two attached hydrogens (primary N) is 1. The molecule has 0 atom stereocenters. The first-order valence-corrected chi connectivity index (χ1v) is 8.84. The molecule has 1 aromatic carbocycles. The quantitative estimate of drug-likeness (QED) is 0.625. The molecule has 2 heterocycles. The summed E-state index contributed by atoms with van der Waals surface area (Å²) in [6, 6.07) is 10.1. The third-order valence-electron chi connectivity index (χ3n) is 3.85. The number of benzene rings is 1. The summed E-state index contributed by atoms with van der Waals surface area (Å²) in [7, 11) is 0. The van der Waals surface area contributed by atoms with Gasteiger partial charge in [0.1, 0.15) is 11.4 Å². The normalized spacial score (nSPS) is 10.8. The molecule has 0 unspecified atom stereocenters. The van der Waals surface area contributed by atoms with Crippen LogP contribution in [0.2, 0.25) is 0 Å². The summed E-state index contributed by atoms with van der Waals surface area (Å²) in [6.07, 6.45) is 0.874. The van der Waals surface area contributed by atoms with Gasteiger partial charge in [-0.15, -0.1) is 11.3 Å². The van der Waals surface area contributed by atoms with Gasteiger partial charge in [-0.25, -0.2) is 9.78 Å². The zero-order chi connectivity index (χ0) is 17.8. The monoisotopic (exact) mass is 357 g/mol. The summed E-state index contributed by atoms with van der Waals surface area (Å²) < 4.78 is 1.32. The van der Waals surface area contributed by atoms with Gasteiger partial charge in [-0.2, -0.15) is 0 Å². The number of aromatic amines is 1. The Morgan fingerprint density at radius 2 is 2.04 bits per heavy atom. The maximum Gasteiger partial charge on any atom is 0.329 e. The summed E-state index contributed by atoms with van der Waals surface area (Å²) in [5.74, 6) is 0.136. The average molecular weight is 357 g/mol. The van der Waals surface area contributed by atoms with Crippen LogP contribution in [0.1, 0.15) is 12.5 Å². The maximum absolute atomic E-state index is 12.1. The minimum atomic E-state index is -0.520. The van der Waals surface area contributed by atoms with Crippen molar-refractivity contribution in [3.63, 3.8) is 0 Å². The lowest BCUT2D eigenvalue weighted by molar-refractivity contribution is 0.706. The Labute approximate surface area is 148 Å². The van der Waals surface area contributed by atoms with Gasteiger partial charge in [0, 0.05) is 18.5 Å². The standard InChI is InChI=1S/C17H19N5O2S/c1-2-22-14(18)13(15(23)21-17(22)24)12-10-25-16(20-12)19-9-8-11-6-4-3-5-7-11/h3-7,10H,2,8-9,18H2,1H3,(H,19,20)(H,21,23,24). The largest absolute Gasteiger partial charge is 0.384 e. The summed E-state index contributed by atoms with van der Waals surface area (Å²) in [6.45, 7) is 2.90. The van der Waals surface area contributed by atoms with Crippen molar-refractivity contribution in [1.29, 1.82) is 0 Å². The second kappa shape index (κ2) is 7.35. The molecule has 0 aliphatic heterocycles. The minimum Gasteiger partial charge on any atom is -0.384 e. The molecule has 7 nitrogen and oxygen atoms in total. The molecule has 3 rings (SSSR count). The summed E-state index contributed by atoms with van der Waals surface area (Å²) in [5, 5.41) is 5.72. The SMILES string of the molecule is CCn1c(N)c(-c2csc(NCCc3ccccc3)n2)c(=O)[nH]c1=O. The summed E-state index contributed by atoms with van der Waals surface area (Å²) >= 11 is 1.40. The second-order valence-electron chi connectivity index (χ2n) is 5.46. The van der Waals surface area contributed by atoms with Gasteiger partial charge < -0.3 is 11.1 Å². The highest BCUT2D eigenvalue weighted by molar-refractivity contribution is 7.14. The van der Waals surface area contributed by atoms with Gasteiger partial charge in [-0.3, -0.25) is 14.3 Å². The Kier molecular flexibility index (Phi) is 4.99. The first-order valence-electron chi connectivity index (χ1n) is 7.96. The fourth-order valence-electron chi connectivity index (χ4n) is 2.58. The smallest absolute Gasteiger partial charge is 0.329 e. The van der Waals surface area contributed by atoms with Gasteiger partial charge in [0.2, 0.25) is 0 Å². The van der Waals surface area contributed by atoms with E-state index in [0.29, 0.717) is 17.4 Å². The van der Waals surface area contributed by atoms with Crippen molar-refractivity contribution in [2.24, 2.45) is 0 Å². The Hall–Kier alpha value is -2.87. The maximum atomic E-state index is 12.1. The number of nitrogens with zero attached hydrogens (tertiary/aromatic N) is 2. The fourth-order valence-corrected chi connectivity index (χ4v) is 3.31. The van der Waals surface area contributed by atoms with Crippen LogP contribution in [0, 0.1) is 0 Å². The van der Waals surface area contributed by atoms with Crippen molar-refractivity contribution in [3.05, 3.63) is 62.1 Å². The van der Waals surface area contributed by atoms with E-state index in [1.165, 1.54) is 21.5 Å². The van der Waals surface area contributed by atoms with E-state index >= 15 is 0 Å². The molecular formula is C17H19N5O2S. The zero-order valence-corrected chi connectivity index (χ0v) is 14.6. The van der Waals surface area contributed by atoms with Crippen molar-refractivity contribution in [2.45, 2.75) is 19.9 Å². The van der Waals surface area contributed by atoms with E-state index in [1.807, 2.05) is 18.2 Å². The Balaban J connectivity index is 1.78. The van der Waals surface area contributed by atoms with E-state index in [4.69, 9.17) is 5.73 Å². The molecule has 4 N–H and O–H groups in total. The van der Waals surface area contributed by atoms with Crippen LogP contribution in [-0.4, -0.2) is 21.1 Å². The van der Waals surface area contributed by atoms with Crippen LogP contribution in [0.4, 0.5) is 10.9 Å². The van der Waals surface area contributed by atoms with Crippen molar-refractivity contribution in [2.75, 3.05) is 17.6 Å². The molecule has 2 aromatic heterocycles. The number of hydrogen-bond acceptors (Lipinski definition) is 6. The lowest BCUT2D eigenvalue weighted by Crippen LogP contribution is -2.32. The van der Waals surface area contributed by atoms with Crippen LogP contribution in [0.3, 0.4) is 0 Å². The van der Waals surface area contributed by atoms with Gasteiger partial charge in [0.25, 0.3) is 5.56 Å². The number of hydrogen-bond donors (Lipinski definition) is 3. The predicted octanol–water partition coefficient (Wildman–Crippen LogP) is 1.92. The van der Waals surface area contributed by atoms with Gasteiger partial charge in [0.15, 0.2) is 5.13 Å². The van der Waals surface area contributed by atoms with Gasteiger partial charge in [0.05, 0.1) is 5.69 Å². The molecule has 0 amide bonds. The summed E-state index contributed by atoms with van der Waals surface area (Å²) in [4.78, 5) is 30.6. The number of rotatable bonds is 6. The van der Waals surface area contributed by atoms with Crippen molar-refractivity contribution < 1.29 is 0 Å². The first kappa shape index (κ1) is 17.0. The van der Waals surface area contributed by atoms with E-state index in [0.717, 1.165) is 13.0 Å². The third-order valence-corrected chi connectivity index (χ3v) is 4.65. The number of nitrogens with one attached hydrogen (secondary N) is 2. The van der Waals surface area contributed by atoms with Crippen LogP contribution in [0.15, 0.2) is 45.3 Å². The molecule has 25 heavy (non-hydrogen) atoms. The van der Waals surface area contributed by atoms with Crippen LogP contribution < -0.4 is 22.3 Å². The molecule has 0 saturated heterocycles. The number of H-pyrrole nitrogens is 1. The molecule has 0 saturated carbocycles. The van der Waals surface area contributed by atoms with Crippen LogP contribution in [0.5, 0.6) is 0 Å². The lowest BCUT2D eigenvalue weighted by Gasteiger charge is -2.08. The van der Waals surface area contributed by atoms with Gasteiger partial charge in [-0.05, 0) is 18.9 Å². The predicted molar refractivity (Wildman–Crippen MR) is 101 cm³/mol. The molecular weight excluding hydrogens is 338 g/mol. The van der Waals surface area contributed by atoms with E-state index in [2.05, 4.69) is 27.4 Å². The number of anilines is 2. The second-order valence-corrected chi connectivity index (χ2v) is 6.32. The lowest BCUT2D eigenvalue weighted by atomic mass is 10.1. The number of thiazole rings is 1. The van der Waals surface area contributed by atoms with E-state index in [1.54, 1.807) is 12.3 Å². The number of aromatic nitrogens is 3. The molecule has 130 valence electrons. The Morgan fingerprint density at radius 3 is 2.76 bits per heavy atom. The van der Waals surface area contributed by atoms with E-state index < -0.39 is 11.2 Å². The molecule has 0 fully saturated rings. The van der Waals surface area contributed by atoms with Crippen LogP contribution >= 0.6 is 11.3 Å². The zero-order valence-electron chi connectivity index (χ0n) is 13.8. The molecule has 3 aromatic rings. The van der Waals surface area contributed by atoms with Gasteiger partial charge >= 0.3 is 5.69 Å². The molecule has 0 bridgehead atoms. The molecule has 0 aliphatic carbocycles. The molecule has 0 aliphatic rings. The average Bonchev–Trinajstić information content (AvgIpc) is 3.04. The van der Waals surface area contributed by atoms with E-state index in [-0.39, 0.29) is 11.4 Å². The fraction of sp³-hybridized carbons (Fsp3) is 0.235. The highest BCUT2D eigenvalue weighted by Gasteiger charge is 2.16. The third kappa shape index (κ3) is 3.63. The Morgan fingerprint density at radius 1 is 1.28 bits per heavy atom. The Bertz CT molecular complexity index is 975. The highest BCUT2D eigenvalue weighted by Crippen LogP contribution is 2.25. The molecule has 8 heteroatoms. The molecule has 0 radical (unpaired) electrons.